The predicted octanol–water partition coefficient (Wildman–Crippen LogP) is 2.35. The number of aromatic nitrogens is 1. The summed E-state index contributed by atoms with van der Waals surface area (Å²) >= 11 is 0. The molecular weight excluding hydrogens is 427 g/mol. The molecule has 2 heterocycles. The molecule has 0 radical (unpaired) electrons. The summed E-state index contributed by atoms with van der Waals surface area (Å²) in [6, 6.07) is 11.1. The molecule has 3 aromatic rings. The number of nitrogens with one attached hydrogen (secondary N) is 2. The van der Waals surface area contributed by atoms with E-state index in [0.717, 1.165) is 18.5 Å². The third-order valence-electron chi connectivity index (χ3n) is 5.71. The van der Waals surface area contributed by atoms with Crippen molar-refractivity contribution in [3.8, 4) is 17.2 Å². The van der Waals surface area contributed by atoms with Crippen LogP contribution in [0.2, 0.25) is 0 Å². The van der Waals surface area contributed by atoms with Gasteiger partial charge in [0.25, 0.3) is 5.91 Å². The van der Waals surface area contributed by atoms with Gasteiger partial charge in [-0.15, -0.1) is 0 Å². The Morgan fingerprint density at radius 3 is 2.88 bits per heavy atom. The third kappa shape index (κ3) is 4.97. The topological polar surface area (TPSA) is 109 Å². The normalized spacial score (nSPS) is 17.3. The van der Waals surface area contributed by atoms with Crippen molar-refractivity contribution in [2.24, 2.45) is 0 Å². The van der Waals surface area contributed by atoms with Crippen LogP contribution in [0.1, 0.15) is 18.9 Å². The van der Waals surface area contributed by atoms with Gasteiger partial charge < -0.3 is 19.8 Å². The molecule has 8 nitrogen and oxygen atoms in total. The van der Waals surface area contributed by atoms with E-state index in [-0.39, 0.29) is 12.3 Å². The molecule has 0 aliphatic carbocycles. The number of carbonyl (C=O) groups excluding carboxylic acids is 1. The lowest BCUT2D eigenvalue weighted by atomic mass is 10.00. The zero-order valence-corrected chi connectivity index (χ0v) is 18.3. The highest BCUT2D eigenvalue weighted by Gasteiger charge is 2.24. The van der Waals surface area contributed by atoms with Gasteiger partial charge in [-0.25, -0.2) is 9.18 Å². The van der Waals surface area contributed by atoms with Gasteiger partial charge in [0, 0.05) is 26.1 Å². The maximum Gasteiger partial charge on any atom is 0.419 e. The number of nitrogens with zero attached hydrogens (tertiary/aromatic N) is 2. The van der Waals surface area contributed by atoms with Gasteiger partial charge in [0.15, 0.2) is 5.58 Å². The first-order valence-electron chi connectivity index (χ1n) is 10.9. The average Bonchev–Trinajstić information content (AvgIpc) is 2.96. The van der Waals surface area contributed by atoms with E-state index in [1.165, 1.54) is 10.6 Å². The first kappa shape index (κ1) is 22.7. The summed E-state index contributed by atoms with van der Waals surface area (Å²) < 4.78 is 27.2. The zero-order valence-electron chi connectivity index (χ0n) is 18.3. The van der Waals surface area contributed by atoms with Crippen molar-refractivity contribution in [3.05, 3.63) is 58.3 Å². The SMILES string of the molecule is CCn1c(=O)oc2ccc(-c3ccc(C[C@@H](C#N)NC(=O)[C@@H]4CNCCCO4)c(F)c3)cc21. The first-order chi connectivity index (χ1) is 16.0. The fourth-order valence-corrected chi connectivity index (χ4v) is 3.93. The van der Waals surface area contributed by atoms with Crippen molar-refractivity contribution in [1.29, 1.82) is 5.26 Å². The molecule has 4 rings (SSSR count). The highest BCUT2D eigenvalue weighted by Crippen LogP contribution is 2.26. The monoisotopic (exact) mass is 452 g/mol. The highest BCUT2D eigenvalue weighted by molar-refractivity contribution is 5.82. The average molecular weight is 452 g/mol. The quantitative estimate of drug-likeness (QED) is 0.594. The van der Waals surface area contributed by atoms with Crippen LogP contribution in [0, 0.1) is 17.1 Å². The van der Waals surface area contributed by atoms with E-state index >= 15 is 0 Å². The van der Waals surface area contributed by atoms with Crippen LogP contribution in [-0.2, 0) is 22.5 Å². The predicted molar refractivity (Wildman–Crippen MR) is 120 cm³/mol. The van der Waals surface area contributed by atoms with Crippen LogP contribution in [0.25, 0.3) is 22.2 Å². The minimum absolute atomic E-state index is 0.0324. The lowest BCUT2D eigenvalue weighted by Crippen LogP contribution is -2.46. The number of nitriles is 1. The zero-order chi connectivity index (χ0) is 23.4. The van der Waals surface area contributed by atoms with E-state index in [2.05, 4.69) is 10.6 Å². The van der Waals surface area contributed by atoms with Crippen LogP contribution >= 0.6 is 0 Å². The minimum Gasteiger partial charge on any atom is -0.408 e. The fraction of sp³-hybridized carbons (Fsp3) is 0.375. The number of aryl methyl sites for hydroxylation is 1. The van der Waals surface area contributed by atoms with E-state index in [9.17, 15) is 19.2 Å². The summed E-state index contributed by atoms with van der Waals surface area (Å²) in [6.45, 7) is 3.93. The Hall–Kier alpha value is -3.48. The Morgan fingerprint density at radius 1 is 1.33 bits per heavy atom. The number of hydrogen-bond acceptors (Lipinski definition) is 6. The number of amides is 1. The van der Waals surface area contributed by atoms with Crippen molar-refractivity contribution in [3.63, 3.8) is 0 Å². The Morgan fingerprint density at radius 2 is 2.12 bits per heavy atom. The van der Waals surface area contributed by atoms with Crippen LogP contribution in [-0.4, -0.2) is 42.3 Å². The molecule has 0 spiro atoms. The Bertz CT molecular complexity index is 1250. The molecule has 2 N–H and O–H groups in total. The first-order valence-corrected chi connectivity index (χ1v) is 10.9. The molecule has 1 aliphatic rings. The van der Waals surface area contributed by atoms with Crippen LogP contribution in [0.15, 0.2) is 45.6 Å². The van der Waals surface area contributed by atoms with Gasteiger partial charge in [0.05, 0.1) is 11.6 Å². The van der Waals surface area contributed by atoms with E-state index in [1.54, 1.807) is 30.3 Å². The number of carbonyl (C=O) groups is 1. The van der Waals surface area contributed by atoms with E-state index < -0.39 is 23.7 Å². The fourth-order valence-electron chi connectivity index (χ4n) is 3.93. The second kappa shape index (κ2) is 9.98. The molecule has 33 heavy (non-hydrogen) atoms. The van der Waals surface area contributed by atoms with Gasteiger partial charge >= 0.3 is 5.76 Å². The molecule has 1 aromatic heterocycles. The van der Waals surface area contributed by atoms with Crippen molar-refractivity contribution >= 4 is 17.0 Å². The number of hydrogen-bond donors (Lipinski definition) is 2. The number of oxazole rings is 1. The van der Waals surface area contributed by atoms with Crippen LogP contribution in [0.5, 0.6) is 0 Å². The largest absolute Gasteiger partial charge is 0.419 e. The second-order valence-corrected chi connectivity index (χ2v) is 7.91. The molecule has 0 bridgehead atoms. The van der Waals surface area contributed by atoms with Crippen molar-refractivity contribution in [1.82, 2.24) is 15.2 Å². The lowest BCUT2D eigenvalue weighted by molar-refractivity contribution is -0.132. The molecule has 1 amide bonds. The number of fused-ring (bicyclic) bond motifs is 1. The number of halogens is 1. The van der Waals surface area contributed by atoms with E-state index in [0.29, 0.717) is 41.9 Å². The van der Waals surface area contributed by atoms with Gasteiger partial charge in [-0.1, -0.05) is 18.2 Å². The number of ether oxygens (including phenoxy) is 1. The molecule has 0 saturated carbocycles. The maximum atomic E-state index is 14.9. The van der Waals surface area contributed by atoms with Gasteiger partial charge in [-0.05, 0) is 54.8 Å². The standard InChI is InChI=1S/C24H25FN4O4/c1-2-29-20-12-16(6-7-21(20)33-24(29)31)15-4-5-17(19(25)11-15)10-18(13-26)28-23(30)22-14-27-8-3-9-32-22/h4-7,11-12,18,22,27H,2-3,8-10,14H2,1H3,(H,28,30)/t18-,22-/m0/s1. The highest BCUT2D eigenvalue weighted by atomic mass is 19.1. The van der Waals surface area contributed by atoms with E-state index in [1.807, 2.05) is 13.0 Å². The smallest absolute Gasteiger partial charge is 0.408 e. The number of rotatable bonds is 6. The van der Waals surface area contributed by atoms with Crippen LogP contribution in [0.4, 0.5) is 4.39 Å². The maximum absolute atomic E-state index is 14.9. The van der Waals surface area contributed by atoms with Crippen LogP contribution < -0.4 is 16.4 Å². The lowest BCUT2D eigenvalue weighted by Gasteiger charge is -2.18. The molecule has 2 atom stereocenters. The Labute approximate surface area is 189 Å². The molecule has 0 unspecified atom stereocenters. The molecule has 172 valence electrons. The summed E-state index contributed by atoms with van der Waals surface area (Å²) in [4.78, 5) is 24.4. The molecule has 1 fully saturated rings. The van der Waals surface area contributed by atoms with Crippen LogP contribution in [0.3, 0.4) is 0 Å². The second-order valence-electron chi connectivity index (χ2n) is 7.91. The number of benzene rings is 2. The summed E-state index contributed by atoms with van der Waals surface area (Å²) in [5.74, 6) is -1.29. The molecule has 2 aromatic carbocycles. The summed E-state index contributed by atoms with van der Waals surface area (Å²) in [7, 11) is 0. The van der Waals surface area contributed by atoms with Gasteiger partial charge in [-0.3, -0.25) is 9.36 Å². The summed E-state index contributed by atoms with van der Waals surface area (Å²) in [5, 5.41) is 15.2. The summed E-state index contributed by atoms with van der Waals surface area (Å²) in [5.41, 5.74) is 2.81. The van der Waals surface area contributed by atoms with Crippen molar-refractivity contribution < 1.29 is 18.3 Å². The Balaban J connectivity index is 1.50. The Kier molecular flexibility index (Phi) is 6.87. The summed E-state index contributed by atoms with van der Waals surface area (Å²) in [6.07, 6.45) is 0.173. The molecular formula is C24H25FN4O4. The minimum atomic E-state index is -0.883. The van der Waals surface area contributed by atoms with E-state index in [4.69, 9.17) is 9.15 Å². The van der Waals surface area contributed by atoms with Crippen molar-refractivity contribution in [2.45, 2.75) is 38.5 Å². The van der Waals surface area contributed by atoms with Crippen molar-refractivity contribution in [2.75, 3.05) is 19.7 Å². The van der Waals surface area contributed by atoms with Gasteiger partial charge in [-0.2, -0.15) is 5.26 Å². The van der Waals surface area contributed by atoms with Gasteiger partial charge in [0.2, 0.25) is 0 Å². The molecule has 1 aliphatic heterocycles. The van der Waals surface area contributed by atoms with Gasteiger partial charge in [0.1, 0.15) is 18.0 Å². The molecule has 1 saturated heterocycles. The molecule has 9 heteroatoms. The third-order valence-corrected chi connectivity index (χ3v) is 5.71.